The molecule has 0 saturated carbocycles. The third-order valence-corrected chi connectivity index (χ3v) is 4.66. The van der Waals surface area contributed by atoms with Crippen LogP contribution in [0.4, 0.5) is 5.69 Å². The highest BCUT2D eigenvalue weighted by molar-refractivity contribution is 7.90. The minimum atomic E-state index is -3.17. The standard InChI is InChI=1S/C17H21NO2S/c1-4-14-6-8-15(9-7-14)12-18-17-11-16(21(3,19)20)10-5-13(17)2/h5-11,18H,4,12H2,1-3H3. The summed E-state index contributed by atoms with van der Waals surface area (Å²) in [5, 5.41) is 3.31. The Bertz CT molecular complexity index is 719. The normalized spacial score (nSPS) is 11.4. The molecule has 0 aliphatic rings. The van der Waals surface area contributed by atoms with E-state index in [2.05, 4.69) is 36.5 Å². The van der Waals surface area contributed by atoms with Crippen molar-refractivity contribution in [3.05, 3.63) is 59.2 Å². The predicted octanol–water partition coefficient (Wildman–Crippen LogP) is 3.57. The highest BCUT2D eigenvalue weighted by Crippen LogP contribution is 2.21. The number of hydrogen-bond donors (Lipinski definition) is 1. The Labute approximate surface area is 126 Å². The van der Waals surface area contributed by atoms with Gasteiger partial charge in [0.15, 0.2) is 9.84 Å². The van der Waals surface area contributed by atoms with Crippen molar-refractivity contribution in [3.63, 3.8) is 0 Å². The molecule has 1 N–H and O–H groups in total. The van der Waals surface area contributed by atoms with Gasteiger partial charge in [-0.15, -0.1) is 0 Å². The molecule has 0 radical (unpaired) electrons. The monoisotopic (exact) mass is 303 g/mol. The summed E-state index contributed by atoms with van der Waals surface area (Å²) in [5.74, 6) is 0. The summed E-state index contributed by atoms with van der Waals surface area (Å²) < 4.78 is 23.2. The van der Waals surface area contributed by atoms with Crippen molar-refractivity contribution in [1.29, 1.82) is 0 Å². The van der Waals surface area contributed by atoms with Crippen LogP contribution in [0.25, 0.3) is 0 Å². The number of hydrogen-bond acceptors (Lipinski definition) is 3. The van der Waals surface area contributed by atoms with Gasteiger partial charge in [-0.2, -0.15) is 0 Å². The first-order chi connectivity index (χ1) is 9.90. The fourth-order valence-corrected chi connectivity index (χ4v) is 2.76. The number of nitrogens with one attached hydrogen (secondary N) is 1. The van der Waals surface area contributed by atoms with Crippen molar-refractivity contribution >= 4 is 15.5 Å². The lowest BCUT2D eigenvalue weighted by molar-refractivity contribution is 0.602. The Morgan fingerprint density at radius 1 is 1.00 bits per heavy atom. The number of rotatable bonds is 5. The molecule has 0 amide bonds. The average Bonchev–Trinajstić information content (AvgIpc) is 2.45. The molecule has 0 unspecified atom stereocenters. The number of aryl methyl sites for hydroxylation is 2. The summed E-state index contributed by atoms with van der Waals surface area (Å²) in [5.41, 5.74) is 4.38. The molecular weight excluding hydrogens is 282 g/mol. The van der Waals surface area contributed by atoms with E-state index in [1.807, 2.05) is 13.0 Å². The quantitative estimate of drug-likeness (QED) is 0.918. The molecular formula is C17H21NO2S. The van der Waals surface area contributed by atoms with Gasteiger partial charge in [0.2, 0.25) is 0 Å². The van der Waals surface area contributed by atoms with Crippen LogP contribution < -0.4 is 5.32 Å². The van der Waals surface area contributed by atoms with Crippen LogP contribution in [-0.2, 0) is 22.8 Å². The minimum Gasteiger partial charge on any atom is -0.381 e. The van der Waals surface area contributed by atoms with Crippen molar-refractivity contribution in [3.8, 4) is 0 Å². The molecule has 112 valence electrons. The molecule has 0 fully saturated rings. The van der Waals surface area contributed by atoms with Crippen LogP contribution in [-0.4, -0.2) is 14.7 Å². The van der Waals surface area contributed by atoms with Crippen LogP contribution in [0, 0.1) is 6.92 Å². The molecule has 0 spiro atoms. The van der Waals surface area contributed by atoms with Crippen molar-refractivity contribution in [2.45, 2.75) is 31.7 Å². The zero-order chi connectivity index (χ0) is 15.5. The van der Waals surface area contributed by atoms with Gasteiger partial charge in [0.1, 0.15) is 0 Å². The molecule has 3 nitrogen and oxygen atoms in total. The third-order valence-electron chi connectivity index (χ3n) is 3.55. The fraction of sp³-hybridized carbons (Fsp3) is 0.294. The van der Waals surface area contributed by atoms with E-state index in [4.69, 9.17) is 0 Å². The van der Waals surface area contributed by atoms with Gasteiger partial charge in [0, 0.05) is 18.5 Å². The maximum atomic E-state index is 11.6. The van der Waals surface area contributed by atoms with E-state index in [0.717, 1.165) is 17.7 Å². The summed E-state index contributed by atoms with van der Waals surface area (Å²) in [6.07, 6.45) is 2.26. The second kappa shape index (κ2) is 6.31. The summed E-state index contributed by atoms with van der Waals surface area (Å²) in [6, 6.07) is 13.6. The van der Waals surface area contributed by atoms with Crippen LogP contribution in [0.15, 0.2) is 47.4 Å². The van der Waals surface area contributed by atoms with Gasteiger partial charge in [-0.1, -0.05) is 37.3 Å². The van der Waals surface area contributed by atoms with Gasteiger partial charge in [-0.05, 0) is 42.2 Å². The van der Waals surface area contributed by atoms with Crippen molar-refractivity contribution in [2.75, 3.05) is 11.6 Å². The molecule has 0 atom stereocenters. The molecule has 0 aliphatic carbocycles. The summed E-state index contributed by atoms with van der Waals surface area (Å²) in [6.45, 7) is 4.78. The van der Waals surface area contributed by atoms with Crippen LogP contribution >= 0.6 is 0 Å². The molecule has 0 aliphatic heterocycles. The van der Waals surface area contributed by atoms with Crippen molar-refractivity contribution in [2.24, 2.45) is 0 Å². The summed E-state index contributed by atoms with van der Waals surface area (Å²) in [4.78, 5) is 0.344. The second-order valence-electron chi connectivity index (χ2n) is 5.27. The molecule has 2 aromatic carbocycles. The van der Waals surface area contributed by atoms with Crippen molar-refractivity contribution in [1.82, 2.24) is 0 Å². The summed E-state index contributed by atoms with van der Waals surface area (Å²) in [7, 11) is -3.17. The Kier molecular flexibility index (Phi) is 4.68. The van der Waals surface area contributed by atoms with Gasteiger partial charge >= 0.3 is 0 Å². The summed E-state index contributed by atoms with van der Waals surface area (Å²) >= 11 is 0. The first kappa shape index (κ1) is 15.6. The molecule has 21 heavy (non-hydrogen) atoms. The van der Waals surface area contributed by atoms with Gasteiger partial charge in [0.25, 0.3) is 0 Å². The Hall–Kier alpha value is -1.81. The minimum absolute atomic E-state index is 0.344. The van der Waals surface area contributed by atoms with Crippen LogP contribution in [0.5, 0.6) is 0 Å². The SMILES string of the molecule is CCc1ccc(CNc2cc(S(C)(=O)=O)ccc2C)cc1. The Morgan fingerprint density at radius 3 is 2.19 bits per heavy atom. The van der Waals surface area contributed by atoms with E-state index >= 15 is 0 Å². The lowest BCUT2D eigenvalue weighted by Gasteiger charge is -2.11. The highest BCUT2D eigenvalue weighted by Gasteiger charge is 2.09. The van der Waals surface area contributed by atoms with Gasteiger partial charge in [0.05, 0.1) is 4.90 Å². The maximum absolute atomic E-state index is 11.6. The van der Waals surface area contributed by atoms with E-state index in [0.29, 0.717) is 11.4 Å². The van der Waals surface area contributed by atoms with Gasteiger partial charge < -0.3 is 5.32 Å². The predicted molar refractivity (Wildman–Crippen MR) is 87.4 cm³/mol. The first-order valence-electron chi connectivity index (χ1n) is 7.02. The topological polar surface area (TPSA) is 46.2 Å². The Balaban J connectivity index is 2.15. The zero-order valence-corrected chi connectivity index (χ0v) is 13.5. The molecule has 0 bridgehead atoms. The van der Waals surface area contributed by atoms with E-state index in [1.165, 1.54) is 17.4 Å². The smallest absolute Gasteiger partial charge is 0.175 e. The lowest BCUT2D eigenvalue weighted by atomic mass is 10.1. The highest BCUT2D eigenvalue weighted by atomic mass is 32.2. The average molecular weight is 303 g/mol. The largest absolute Gasteiger partial charge is 0.381 e. The number of benzene rings is 2. The molecule has 0 aromatic heterocycles. The zero-order valence-electron chi connectivity index (χ0n) is 12.7. The number of sulfone groups is 1. The van der Waals surface area contributed by atoms with Crippen molar-refractivity contribution < 1.29 is 8.42 Å². The molecule has 2 aromatic rings. The van der Waals surface area contributed by atoms with Crippen LogP contribution in [0.1, 0.15) is 23.6 Å². The maximum Gasteiger partial charge on any atom is 0.175 e. The third kappa shape index (κ3) is 4.08. The lowest BCUT2D eigenvalue weighted by Crippen LogP contribution is -2.04. The molecule has 2 rings (SSSR count). The van der Waals surface area contributed by atoms with Gasteiger partial charge in [-0.25, -0.2) is 8.42 Å². The van der Waals surface area contributed by atoms with E-state index in [-0.39, 0.29) is 0 Å². The van der Waals surface area contributed by atoms with E-state index < -0.39 is 9.84 Å². The van der Waals surface area contributed by atoms with Crippen LogP contribution in [0.3, 0.4) is 0 Å². The number of anilines is 1. The Morgan fingerprint density at radius 2 is 1.62 bits per heavy atom. The van der Waals surface area contributed by atoms with E-state index in [9.17, 15) is 8.42 Å². The molecule has 0 heterocycles. The first-order valence-corrected chi connectivity index (χ1v) is 8.91. The second-order valence-corrected chi connectivity index (χ2v) is 7.29. The van der Waals surface area contributed by atoms with Gasteiger partial charge in [-0.3, -0.25) is 0 Å². The molecule has 0 saturated heterocycles. The molecule has 4 heteroatoms. The van der Waals surface area contributed by atoms with E-state index in [1.54, 1.807) is 12.1 Å². The fourth-order valence-electron chi connectivity index (χ4n) is 2.11. The van der Waals surface area contributed by atoms with Crippen LogP contribution in [0.2, 0.25) is 0 Å².